The third-order valence-electron chi connectivity index (χ3n) is 3.83. The number of sulfone groups is 1. The fourth-order valence-electron chi connectivity index (χ4n) is 2.70. The Morgan fingerprint density at radius 3 is 2.96 bits per heavy atom. The van der Waals surface area contributed by atoms with Crippen LogP contribution in [-0.4, -0.2) is 49.2 Å². The van der Waals surface area contributed by atoms with Crippen molar-refractivity contribution in [2.24, 2.45) is 0 Å². The predicted molar refractivity (Wildman–Crippen MR) is 84.2 cm³/mol. The number of imidazole rings is 1. The Hall–Kier alpha value is -1.93. The highest BCUT2D eigenvalue weighted by atomic mass is 32.2. The molecule has 1 atom stereocenters. The molecule has 2 aromatic heterocycles. The molecule has 124 valence electrons. The summed E-state index contributed by atoms with van der Waals surface area (Å²) in [4.78, 5) is 16.5. The summed E-state index contributed by atoms with van der Waals surface area (Å²) in [5.41, 5.74) is 0.580. The van der Waals surface area contributed by atoms with Gasteiger partial charge in [0.05, 0.1) is 11.6 Å². The minimum atomic E-state index is -3.53. The predicted octanol–water partition coefficient (Wildman–Crippen LogP) is 1.04. The van der Waals surface area contributed by atoms with Crippen LogP contribution < -0.4 is 5.32 Å². The number of nitrogens with zero attached hydrogens (tertiary/aromatic N) is 2. The van der Waals surface area contributed by atoms with E-state index >= 15 is 0 Å². The maximum Gasteiger partial charge on any atom is 0.272 e. The Morgan fingerprint density at radius 2 is 2.26 bits per heavy atom. The Balaban J connectivity index is 1.85. The van der Waals surface area contributed by atoms with Gasteiger partial charge in [-0.25, -0.2) is 13.4 Å². The summed E-state index contributed by atoms with van der Waals surface area (Å²) in [7, 11) is -3.53. The molecule has 1 aliphatic heterocycles. The Bertz CT molecular complexity index is 822. The first-order valence-electron chi connectivity index (χ1n) is 7.54. The fourth-order valence-corrected chi connectivity index (χ4v) is 3.47. The number of amides is 1. The van der Waals surface area contributed by atoms with Gasteiger partial charge in [-0.3, -0.25) is 9.20 Å². The highest BCUT2D eigenvalue weighted by Gasteiger charge is 2.23. The van der Waals surface area contributed by atoms with Crippen molar-refractivity contribution in [3.05, 3.63) is 30.1 Å². The van der Waals surface area contributed by atoms with Gasteiger partial charge in [0.2, 0.25) is 15.0 Å². The monoisotopic (exact) mass is 337 g/mol. The highest BCUT2D eigenvalue weighted by Crippen LogP contribution is 2.17. The third-order valence-corrected chi connectivity index (χ3v) is 4.78. The molecule has 0 unspecified atom stereocenters. The summed E-state index contributed by atoms with van der Waals surface area (Å²) in [5, 5.41) is 2.66. The van der Waals surface area contributed by atoms with Crippen LogP contribution in [0.4, 0.5) is 0 Å². The molecule has 0 saturated carbocycles. The molecule has 7 nitrogen and oxygen atoms in total. The van der Waals surface area contributed by atoms with E-state index in [4.69, 9.17) is 4.74 Å². The summed E-state index contributed by atoms with van der Waals surface area (Å²) in [5.74, 6) is -0.391. The van der Waals surface area contributed by atoms with Crippen molar-refractivity contribution in [2.75, 3.05) is 19.4 Å². The van der Waals surface area contributed by atoms with Crippen molar-refractivity contribution in [1.29, 1.82) is 0 Å². The van der Waals surface area contributed by atoms with Gasteiger partial charge in [-0.1, -0.05) is 6.07 Å². The van der Waals surface area contributed by atoms with E-state index in [0.717, 1.165) is 25.5 Å². The second-order valence-corrected chi connectivity index (χ2v) is 7.58. The number of pyridine rings is 1. The van der Waals surface area contributed by atoms with Crippen molar-refractivity contribution in [2.45, 2.75) is 30.5 Å². The Kier molecular flexibility index (Phi) is 4.36. The van der Waals surface area contributed by atoms with Crippen LogP contribution in [-0.2, 0) is 14.6 Å². The van der Waals surface area contributed by atoms with E-state index in [2.05, 4.69) is 10.3 Å². The van der Waals surface area contributed by atoms with E-state index in [9.17, 15) is 13.2 Å². The van der Waals surface area contributed by atoms with Crippen LogP contribution in [0.3, 0.4) is 0 Å². The van der Waals surface area contributed by atoms with Crippen molar-refractivity contribution < 1.29 is 17.9 Å². The van der Waals surface area contributed by atoms with Gasteiger partial charge in [0.15, 0.2) is 5.69 Å². The minimum Gasteiger partial charge on any atom is -0.376 e. The minimum absolute atomic E-state index is 0.0101. The first-order valence-corrected chi connectivity index (χ1v) is 9.43. The van der Waals surface area contributed by atoms with Gasteiger partial charge in [0.25, 0.3) is 5.91 Å². The molecular formula is C15H19N3O4S. The Labute approximate surface area is 134 Å². The molecular weight excluding hydrogens is 318 g/mol. The molecule has 23 heavy (non-hydrogen) atoms. The largest absolute Gasteiger partial charge is 0.376 e. The molecule has 0 aliphatic carbocycles. The molecule has 1 fully saturated rings. The average Bonchev–Trinajstić information content (AvgIpc) is 2.93. The van der Waals surface area contributed by atoms with Crippen LogP contribution >= 0.6 is 0 Å². The molecule has 1 saturated heterocycles. The van der Waals surface area contributed by atoms with Crippen molar-refractivity contribution in [1.82, 2.24) is 14.7 Å². The number of hydrogen-bond donors (Lipinski definition) is 1. The molecule has 2 aromatic rings. The second-order valence-electron chi connectivity index (χ2n) is 5.67. The molecule has 1 amide bonds. The Morgan fingerprint density at radius 1 is 1.43 bits per heavy atom. The van der Waals surface area contributed by atoms with E-state index in [1.54, 1.807) is 24.4 Å². The summed E-state index contributed by atoms with van der Waals surface area (Å²) >= 11 is 0. The standard InChI is InChI=1S/C15H19N3O4S/c1-23(20,21)15-17-13(12-7-2-4-8-18(12)15)14(19)16-10-11-6-3-5-9-22-11/h2,4,7-8,11H,3,5-6,9-10H2,1H3,(H,16,19)/t11-/m1/s1. The number of carbonyl (C=O) groups is 1. The van der Waals surface area contributed by atoms with Crippen LogP contribution in [0.5, 0.6) is 0 Å². The van der Waals surface area contributed by atoms with E-state index in [-0.39, 0.29) is 17.0 Å². The molecule has 0 radical (unpaired) electrons. The maximum atomic E-state index is 12.4. The van der Waals surface area contributed by atoms with Gasteiger partial charge in [-0.15, -0.1) is 0 Å². The van der Waals surface area contributed by atoms with E-state index in [1.807, 2.05) is 0 Å². The zero-order valence-corrected chi connectivity index (χ0v) is 13.7. The quantitative estimate of drug-likeness (QED) is 0.900. The van der Waals surface area contributed by atoms with Gasteiger partial charge in [0, 0.05) is 25.6 Å². The van der Waals surface area contributed by atoms with E-state index < -0.39 is 15.7 Å². The van der Waals surface area contributed by atoms with Crippen molar-refractivity contribution in [3.63, 3.8) is 0 Å². The van der Waals surface area contributed by atoms with Gasteiger partial charge in [0.1, 0.15) is 0 Å². The zero-order chi connectivity index (χ0) is 16.4. The van der Waals surface area contributed by atoms with Crippen molar-refractivity contribution >= 4 is 21.3 Å². The first-order chi connectivity index (χ1) is 11.0. The number of carbonyl (C=O) groups excluding carboxylic acids is 1. The number of hydrogen-bond acceptors (Lipinski definition) is 5. The lowest BCUT2D eigenvalue weighted by Gasteiger charge is -2.22. The van der Waals surface area contributed by atoms with Crippen LogP contribution in [0.1, 0.15) is 29.8 Å². The number of aromatic nitrogens is 2. The van der Waals surface area contributed by atoms with Crippen LogP contribution in [0, 0.1) is 0 Å². The molecule has 1 aliphatic rings. The first kappa shape index (κ1) is 15.9. The lowest BCUT2D eigenvalue weighted by Crippen LogP contribution is -2.35. The third kappa shape index (κ3) is 3.37. The molecule has 3 heterocycles. The zero-order valence-electron chi connectivity index (χ0n) is 12.9. The number of fused-ring (bicyclic) bond motifs is 1. The van der Waals surface area contributed by atoms with E-state index in [1.165, 1.54) is 4.40 Å². The molecule has 0 aromatic carbocycles. The van der Waals surface area contributed by atoms with E-state index in [0.29, 0.717) is 18.7 Å². The lowest BCUT2D eigenvalue weighted by molar-refractivity contribution is 0.0168. The lowest BCUT2D eigenvalue weighted by atomic mass is 10.1. The highest BCUT2D eigenvalue weighted by molar-refractivity contribution is 7.90. The molecule has 8 heteroatoms. The second kappa shape index (κ2) is 6.29. The SMILES string of the molecule is CS(=O)(=O)c1nc(C(=O)NC[C@H]2CCCCO2)c2ccccn12. The summed E-state index contributed by atoms with van der Waals surface area (Å²) in [6.07, 6.45) is 5.72. The summed E-state index contributed by atoms with van der Waals surface area (Å²) < 4.78 is 30.7. The molecule has 0 bridgehead atoms. The van der Waals surface area contributed by atoms with Crippen LogP contribution in [0.25, 0.3) is 5.52 Å². The van der Waals surface area contributed by atoms with Gasteiger partial charge >= 0.3 is 0 Å². The normalized spacial score (nSPS) is 18.9. The fraction of sp³-hybridized carbons (Fsp3) is 0.467. The average molecular weight is 337 g/mol. The summed E-state index contributed by atoms with van der Waals surface area (Å²) in [6.45, 7) is 1.12. The van der Waals surface area contributed by atoms with Crippen LogP contribution in [0.2, 0.25) is 0 Å². The number of rotatable bonds is 4. The summed E-state index contributed by atoms with van der Waals surface area (Å²) in [6, 6.07) is 5.11. The number of nitrogens with one attached hydrogen (secondary N) is 1. The van der Waals surface area contributed by atoms with Gasteiger partial charge in [-0.2, -0.15) is 0 Å². The smallest absolute Gasteiger partial charge is 0.272 e. The van der Waals surface area contributed by atoms with Gasteiger partial charge in [-0.05, 0) is 31.4 Å². The molecule has 3 rings (SSSR count). The maximum absolute atomic E-state index is 12.4. The molecule has 1 N–H and O–H groups in total. The van der Waals surface area contributed by atoms with Crippen LogP contribution in [0.15, 0.2) is 29.6 Å². The number of ether oxygens (including phenoxy) is 1. The molecule has 0 spiro atoms. The van der Waals surface area contributed by atoms with Gasteiger partial charge < -0.3 is 10.1 Å². The van der Waals surface area contributed by atoms with Crippen molar-refractivity contribution in [3.8, 4) is 0 Å². The topological polar surface area (TPSA) is 89.8 Å².